The van der Waals surface area contributed by atoms with E-state index in [2.05, 4.69) is 38.2 Å². The predicted octanol–water partition coefficient (Wildman–Crippen LogP) is 0.742. The van der Waals surface area contributed by atoms with Crippen LogP contribution in [-0.2, 0) is 4.79 Å². The molecule has 16 heavy (non-hydrogen) atoms. The monoisotopic (exact) mass is 227 g/mol. The fraction of sp³-hybridized carbons (Fsp3) is 0.917. The smallest absolute Gasteiger partial charge is 0.237 e. The summed E-state index contributed by atoms with van der Waals surface area (Å²) in [5, 5.41) is 3.27. The first-order valence-electron chi connectivity index (χ1n) is 6.20. The summed E-state index contributed by atoms with van der Waals surface area (Å²) in [6.07, 6.45) is 2.49. The normalized spacial score (nSPS) is 21.5. The van der Waals surface area contributed by atoms with Crippen LogP contribution in [0.3, 0.4) is 0 Å². The molecule has 0 aromatic heterocycles. The maximum atomic E-state index is 11.7. The quantitative estimate of drug-likeness (QED) is 0.680. The molecule has 1 unspecified atom stereocenters. The van der Waals surface area contributed by atoms with Crippen molar-refractivity contribution in [1.29, 1.82) is 0 Å². The van der Waals surface area contributed by atoms with E-state index < -0.39 is 0 Å². The molecule has 4 heteroatoms. The van der Waals surface area contributed by atoms with Crippen LogP contribution in [0.15, 0.2) is 0 Å². The second-order valence-corrected chi connectivity index (χ2v) is 5.17. The largest absolute Gasteiger partial charge is 0.326 e. The molecule has 0 aromatic carbocycles. The molecule has 1 aliphatic heterocycles. The Balaban J connectivity index is 2.30. The zero-order valence-electron chi connectivity index (χ0n) is 11.0. The van der Waals surface area contributed by atoms with Crippen LogP contribution < -0.4 is 5.32 Å². The van der Waals surface area contributed by atoms with Gasteiger partial charge < -0.3 is 9.80 Å². The molecular weight excluding hydrogens is 202 g/mol. The summed E-state index contributed by atoms with van der Waals surface area (Å²) in [6.45, 7) is 6.81. The van der Waals surface area contributed by atoms with E-state index in [0.29, 0.717) is 12.5 Å². The molecule has 1 amide bonds. The lowest BCUT2D eigenvalue weighted by Gasteiger charge is -2.27. The Kier molecular flexibility index (Phi) is 5.22. The SMILES string of the molecule is CC(C)C1NCC(=O)N1CCCCN(C)C. The maximum absolute atomic E-state index is 11.7. The van der Waals surface area contributed by atoms with Crippen LogP contribution in [0.25, 0.3) is 0 Å². The minimum atomic E-state index is 0.242. The standard InChI is InChI=1S/C12H25N3O/c1-10(2)12-13-9-11(16)15(12)8-6-5-7-14(3)4/h10,12-13H,5-9H2,1-4H3. The number of rotatable bonds is 6. The number of nitrogens with zero attached hydrogens (tertiary/aromatic N) is 2. The van der Waals surface area contributed by atoms with Gasteiger partial charge in [0.2, 0.25) is 5.91 Å². The zero-order valence-corrected chi connectivity index (χ0v) is 11.0. The Labute approximate surface area is 99.0 Å². The Hall–Kier alpha value is -0.610. The molecule has 0 saturated carbocycles. The van der Waals surface area contributed by atoms with Crippen molar-refractivity contribution in [3.63, 3.8) is 0 Å². The topological polar surface area (TPSA) is 35.6 Å². The van der Waals surface area contributed by atoms with Crippen molar-refractivity contribution in [2.24, 2.45) is 5.92 Å². The third-order valence-corrected chi connectivity index (χ3v) is 3.00. The lowest BCUT2D eigenvalue weighted by Crippen LogP contribution is -2.41. The van der Waals surface area contributed by atoms with Crippen LogP contribution >= 0.6 is 0 Å². The highest BCUT2D eigenvalue weighted by Gasteiger charge is 2.31. The number of nitrogens with one attached hydrogen (secondary N) is 1. The van der Waals surface area contributed by atoms with E-state index in [1.54, 1.807) is 0 Å². The highest BCUT2D eigenvalue weighted by Crippen LogP contribution is 2.14. The van der Waals surface area contributed by atoms with Gasteiger partial charge in [0.25, 0.3) is 0 Å². The minimum absolute atomic E-state index is 0.242. The van der Waals surface area contributed by atoms with Crippen molar-refractivity contribution in [2.75, 3.05) is 33.7 Å². The number of carbonyl (C=O) groups is 1. The van der Waals surface area contributed by atoms with Gasteiger partial charge in [-0.05, 0) is 39.4 Å². The van der Waals surface area contributed by atoms with Crippen LogP contribution in [0, 0.1) is 5.92 Å². The fourth-order valence-electron chi connectivity index (χ4n) is 2.13. The van der Waals surface area contributed by atoms with Gasteiger partial charge in [-0.15, -0.1) is 0 Å². The van der Waals surface area contributed by atoms with Crippen molar-refractivity contribution < 1.29 is 4.79 Å². The van der Waals surface area contributed by atoms with Gasteiger partial charge in [0.15, 0.2) is 0 Å². The molecule has 1 N–H and O–H groups in total. The van der Waals surface area contributed by atoms with E-state index >= 15 is 0 Å². The van der Waals surface area contributed by atoms with Crippen LogP contribution in [0.2, 0.25) is 0 Å². The van der Waals surface area contributed by atoms with E-state index in [1.807, 2.05) is 4.90 Å². The van der Waals surface area contributed by atoms with Gasteiger partial charge in [0.05, 0.1) is 12.7 Å². The van der Waals surface area contributed by atoms with Gasteiger partial charge in [-0.2, -0.15) is 0 Å². The van der Waals surface area contributed by atoms with Crippen LogP contribution in [0.5, 0.6) is 0 Å². The molecule has 0 aliphatic carbocycles. The highest BCUT2D eigenvalue weighted by molar-refractivity contribution is 5.80. The molecule has 4 nitrogen and oxygen atoms in total. The van der Waals surface area contributed by atoms with E-state index in [4.69, 9.17) is 0 Å². The van der Waals surface area contributed by atoms with E-state index in [-0.39, 0.29) is 12.1 Å². The fourth-order valence-corrected chi connectivity index (χ4v) is 2.13. The van der Waals surface area contributed by atoms with E-state index in [0.717, 1.165) is 25.9 Å². The van der Waals surface area contributed by atoms with Crippen molar-refractivity contribution in [1.82, 2.24) is 15.1 Å². The molecule has 1 rings (SSSR count). The van der Waals surface area contributed by atoms with Crippen molar-refractivity contribution in [3.05, 3.63) is 0 Å². The molecule has 1 saturated heterocycles. The maximum Gasteiger partial charge on any atom is 0.237 e. The third-order valence-electron chi connectivity index (χ3n) is 3.00. The number of hydrogen-bond donors (Lipinski definition) is 1. The van der Waals surface area contributed by atoms with Gasteiger partial charge in [-0.25, -0.2) is 0 Å². The van der Waals surface area contributed by atoms with Gasteiger partial charge in [-0.1, -0.05) is 13.8 Å². The minimum Gasteiger partial charge on any atom is -0.326 e. The van der Waals surface area contributed by atoms with E-state index in [1.165, 1.54) is 0 Å². The highest BCUT2D eigenvalue weighted by atomic mass is 16.2. The first-order valence-corrected chi connectivity index (χ1v) is 6.20. The number of unbranched alkanes of at least 4 members (excludes halogenated alkanes) is 1. The third kappa shape index (κ3) is 3.76. The van der Waals surface area contributed by atoms with Crippen LogP contribution in [-0.4, -0.2) is 55.6 Å². The summed E-state index contributed by atoms with van der Waals surface area (Å²) >= 11 is 0. The molecule has 1 heterocycles. The molecule has 94 valence electrons. The molecule has 0 bridgehead atoms. The second kappa shape index (κ2) is 6.21. The zero-order chi connectivity index (χ0) is 12.1. The Morgan fingerprint density at radius 3 is 2.69 bits per heavy atom. The molecule has 0 radical (unpaired) electrons. The number of hydrogen-bond acceptors (Lipinski definition) is 3. The Morgan fingerprint density at radius 2 is 2.12 bits per heavy atom. The van der Waals surface area contributed by atoms with Gasteiger partial charge >= 0.3 is 0 Å². The predicted molar refractivity (Wildman–Crippen MR) is 66.1 cm³/mol. The van der Waals surface area contributed by atoms with Crippen molar-refractivity contribution in [2.45, 2.75) is 32.9 Å². The first-order chi connectivity index (χ1) is 7.52. The second-order valence-electron chi connectivity index (χ2n) is 5.17. The Bertz CT molecular complexity index is 228. The molecule has 0 spiro atoms. The lowest BCUT2D eigenvalue weighted by molar-refractivity contribution is -0.128. The van der Waals surface area contributed by atoms with Crippen molar-refractivity contribution in [3.8, 4) is 0 Å². The van der Waals surface area contributed by atoms with Gasteiger partial charge in [-0.3, -0.25) is 10.1 Å². The summed E-state index contributed by atoms with van der Waals surface area (Å²) in [5.74, 6) is 0.740. The summed E-state index contributed by atoms with van der Waals surface area (Å²) < 4.78 is 0. The number of amides is 1. The van der Waals surface area contributed by atoms with Crippen LogP contribution in [0.1, 0.15) is 26.7 Å². The molecule has 1 fully saturated rings. The van der Waals surface area contributed by atoms with Gasteiger partial charge in [0, 0.05) is 6.54 Å². The summed E-state index contributed by atoms with van der Waals surface area (Å²) in [7, 11) is 4.17. The summed E-state index contributed by atoms with van der Waals surface area (Å²) in [5.41, 5.74) is 0. The average molecular weight is 227 g/mol. The Morgan fingerprint density at radius 1 is 1.44 bits per heavy atom. The van der Waals surface area contributed by atoms with Crippen LogP contribution in [0.4, 0.5) is 0 Å². The van der Waals surface area contributed by atoms with Crippen molar-refractivity contribution >= 4 is 5.91 Å². The van der Waals surface area contributed by atoms with Gasteiger partial charge in [0.1, 0.15) is 0 Å². The number of carbonyl (C=O) groups excluding carboxylic acids is 1. The molecule has 1 atom stereocenters. The van der Waals surface area contributed by atoms with E-state index in [9.17, 15) is 4.79 Å². The molecule has 0 aromatic rings. The first kappa shape index (κ1) is 13.5. The summed E-state index contributed by atoms with van der Waals surface area (Å²) in [4.78, 5) is 15.9. The lowest BCUT2D eigenvalue weighted by atomic mass is 10.1. The summed E-state index contributed by atoms with van der Waals surface area (Å²) in [6, 6.07) is 0. The molecular formula is C12H25N3O. The molecule has 1 aliphatic rings. The average Bonchev–Trinajstić information content (AvgIpc) is 2.54.